The smallest absolute Gasteiger partial charge is 0.303 e. The minimum atomic E-state index is -0.748. The normalized spacial score (nSPS) is 11.3. The van der Waals surface area contributed by atoms with E-state index in [4.69, 9.17) is 5.11 Å². The number of aromatic hydroxyl groups is 1. The predicted octanol–water partition coefficient (Wildman–Crippen LogP) is 3.50. The minimum absolute atomic E-state index is 0.192. The lowest BCUT2D eigenvalue weighted by Crippen LogP contribution is -2.33. The number of rotatable bonds is 11. The first-order valence-corrected chi connectivity index (χ1v) is 9.40. The molecule has 0 aliphatic carbocycles. The van der Waals surface area contributed by atoms with Gasteiger partial charge in [0.15, 0.2) is 0 Å². The van der Waals surface area contributed by atoms with Crippen molar-refractivity contribution < 1.29 is 15.0 Å². The summed E-state index contributed by atoms with van der Waals surface area (Å²) in [6.45, 7) is 6.04. The van der Waals surface area contributed by atoms with Crippen LogP contribution in [0.5, 0.6) is 5.75 Å². The molecule has 0 unspecified atom stereocenters. The molecule has 0 aliphatic heterocycles. The molecule has 5 heteroatoms. The van der Waals surface area contributed by atoms with Crippen LogP contribution in [0.15, 0.2) is 48.5 Å². The van der Waals surface area contributed by atoms with E-state index in [-0.39, 0.29) is 6.42 Å². The summed E-state index contributed by atoms with van der Waals surface area (Å²) >= 11 is 0. The highest BCUT2D eigenvalue weighted by molar-refractivity contribution is 5.66. The molecule has 2 rings (SSSR count). The maximum absolute atomic E-state index is 10.8. The first-order valence-electron chi connectivity index (χ1n) is 9.40. The van der Waals surface area contributed by atoms with Gasteiger partial charge >= 0.3 is 5.97 Å². The van der Waals surface area contributed by atoms with Crippen molar-refractivity contribution in [3.8, 4) is 5.75 Å². The second kappa shape index (κ2) is 10.7. The molecular formula is C22H30N2O3. The van der Waals surface area contributed by atoms with E-state index in [0.29, 0.717) is 18.7 Å². The maximum atomic E-state index is 10.8. The highest BCUT2D eigenvalue weighted by Crippen LogP contribution is 2.17. The van der Waals surface area contributed by atoms with E-state index < -0.39 is 5.97 Å². The summed E-state index contributed by atoms with van der Waals surface area (Å²) in [7, 11) is 2.04. The molecule has 0 saturated heterocycles. The van der Waals surface area contributed by atoms with E-state index in [0.717, 1.165) is 31.7 Å². The largest absolute Gasteiger partial charge is 0.508 e. The molecule has 0 spiro atoms. The van der Waals surface area contributed by atoms with Crippen LogP contribution in [0.3, 0.4) is 0 Å². The Morgan fingerprint density at radius 1 is 0.926 bits per heavy atom. The molecule has 146 valence electrons. The van der Waals surface area contributed by atoms with E-state index >= 15 is 0 Å². The van der Waals surface area contributed by atoms with Gasteiger partial charge in [-0.1, -0.05) is 42.5 Å². The Labute approximate surface area is 161 Å². The molecular weight excluding hydrogens is 340 g/mol. The van der Waals surface area contributed by atoms with Gasteiger partial charge in [0.1, 0.15) is 5.75 Å². The number of benzene rings is 2. The van der Waals surface area contributed by atoms with Gasteiger partial charge in [0.05, 0.1) is 0 Å². The number of carboxylic acids is 1. The van der Waals surface area contributed by atoms with E-state index in [1.54, 1.807) is 6.07 Å². The molecule has 0 fully saturated rings. The zero-order chi connectivity index (χ0) is 19.6. The number of hydrogen-bond acceptors (Lipinski definition) is 4. The summed E-state index contributed by atoms with van der Waals surface area (Å²) in [6, 6.07) is 15.7. The van der Waals surface area contributed by atoms with Crippen molar-refractivity contribution in [3.63, 3.8) is 0 Å². The lowest BCUT2D eigenvalue weighted by molar-refractivity contribution is -0.137. The van der Waals surface area contributed by atoms with Gasteiger partial charge < -0.3 is 15.1 Å². The second-order valence-electron chi connectivity index (χ2n) is 7.07. The third-order valence-electron chi connectivity index (χ3n) is 4.75. The summed E-state index contributed by atoms with van der Waals surface area (Å²) in [5.74, 6) is -0.426. The summed E-state index contributed by atoms with van der Waals surface area (Å²) in [4.78, 5) is 15.3. The number of likely N-dealkylation sites (N-methyl/N-ethyl adjacent to an activating group) is 1. The van der Waals surface area contributed by atoms with Gasteiger partial charge in [-0.15, -0.1) is 0 Å². The van der Waals surface area contributed by atoms with Crippen molar-refractivity contribution >= 4 is 5.97 Å². The molecule has 0 radical (unpaired) electrons. The van der Waals surface area contributed by atoms with Crippen LogP contribution in [0, 0.1) is 6.92 Å². The zero-order valence-electron chi connectivity index (χ0n) is 16.3. The molecule has 0 aliphatic rings. The molecule has 0 saturated carbocycles. The molecule has 5 nitrogen and oxygen atoms in total. The number of para-hydroxylation sites is 1. The standard InChI is InChI=1S/C22H30N2O3/c1-18-8-3-4-9-19(18)17-24(13-7-12-22(26)27)15-14-23(2)16-20-10-5-6-11-21(20)25/h3-6,8-11,25H,7,12-17H2,1-2H3,(H,26,27). The van der Waals surface area contributed by atoms with Crippen LogP contribution >= 0.6 is 0 Å². The van der Waals surface area contributed by atoms with Gasteiger partial charge in [-0.25, -0.2) is 0 Å². The molecule has 2 aromatic rings. The van der Waals surface area contributed by atoms with Gasteiger partial charge in [0.25, 0.3) is 0 Å². The highest BCUT2D eigenvalue weighted by atomic mass is 16.4. The second-order valence-corrected chi connectivity index (χ2v) is 7.07. The highest BCUT2D eigenvalue weighted by Gasteiger charge is 2.11. The third kappa shape index (κ3) is 7.41. The van der Waals surface area contributed by atoms with Crippen molar-refractivity contribution in [1.29, 1.82) is 0 Å². The lowest BCUT2D eigenvalue weighted by Gasteiger charge is -2.26. The SMILES string of the molecule is Cc1ccccc1CN(CCCC(=O)O)CCN(C)Cc1ccccc1O. The number of aryl methyl sites for hydroxylation is 1. The Balaban J connectivity index is 1.92. The maximum Gasteiger partial charge on any atom is 0.303 e. The van der Waals surface area contributed by atoms with Crippen LogP contribution in [0.2, 0.25) is 0 Å². The van der Waals surface area contributed by atoms with Crippen molar-refractivity contribution in [3.05, 3.63) is 65.2 Å². The first-order chi connectivity index (χ1) is 13.0. The van der Waals surface area contributed by atoms with Gasteiger partial charge in [-0.3, -0.25) is 9.69 Å². The van der Waals surface area contributed by atoms with Crippen LogP contribution in [0.4, 0.5) is 0 Å². The summed E-state index contributed by atoms with van der Waals surface area (Å²) in [5.41, 5.74) is 3.44. The number of nitrogens with zero attached hydrogens (tertiary/aromatic N) is 2. The average molecular weight is 370 g/mol. The Bertz CT molecular complexity index is 733. The molecule has 2 N–H and O–H groups in total. The van der Waals surface area contributed by atoms with E-state index in [9.17, 15) is 9.90 Å². The van der Waals surface area contributed by atoms with Gasteiger partial charge in [0, 0.05) is 38.2 Å². The Morgan fingerprint density at radius 2 is 1.59 bits per heavy atom. The minimum Gasteiger partial charge on any atom is -0.508 e. The Kier molecular flexibility index (Phi) is 8.30. The van der Waals surface area contributed by atoms with Crippen LogP contribution in [0.25, 0.3) is 0 Å². The monoisotopic (exact) mass is 370 g/mol. The van der Waals surface area contributed by atoms with E-state index in [2.05, 4.69) is 28.9 Å². The van der Waals surface area contributed by atoms with Crippen LogP contribution in [-0.4, -0.2) is 52.7 Å². The molecule has 2 aromatic carbocycles. The van der Waals surface area contributed by atoms with Gasteiger partial charge in [0.2, 0.25) is 0 Å². The predicted molar refractivity (Wildman–Crippen MR) is 108 cm³/mol. The van der Waals surface area contributed by atoms with Crippen molar-refractivity contribution in [2.75, 3.05) is 26.7 Å². The fraction of sp³-hybridized carbons (Fsp3) is 0.409. The van der Waals surface area contributed by atoms with Gasteiger partial charge in [-0.05, 0) is 44.1 Å². The first kappa shape index (κ1) is 20.9. The van der Waals surface area contributed by atoms with E-state index in [1.807, 2.05) is 37.4 Å². The third-order valence-corrected chi connectivity index (χ3v) is 4.75. The molecule has 0 heterocycles. The summed E-state index contributed by atoms with van der Waals surface area (Å²) < 4.78 is 0. The average Bonchev–Trinajstić information content (AvgIpc) is 2.63. The lowest BCUT2D eigenvalue weighted by atomic mass is 10.1. The molecule has 27 heavy (non-hydrogen) atoms. The van der Waals surface area contributed by atoms with Gasteiger partial charge in [-0.2, -0.15) is 0 Å². The number of hydrogen-bond donors (Lipinski definition) is 2. The Hall–Kier alpha value is -2.37. The van der Waals surface area contributed by atoms with Crippen molar-refractivity contribution in [2.24, 2.45) is 0 Å². The molecule has 0 aromatic heterocycles. The number of carboxylic acid groups (broad SMARTS) is 1. The van der Waals surface area contributed by atoms with Crippen molar-refractivity contribution in [1.82, 2.24) is 9.80 Å². The van der Waals surface area contributed by atoms with Crippen LogP contribution in [-0.2, 0) is 17.9 Å². The summed E-state index contributed by atoms with van der Waals surface area (Å²) in [5, 5.41) is 18.9. The molecule has 0 amide bonds. The van der Waals surface area contributed by atoms with E-state index in [1.165, 1.54) is 11.1 Å². The topological polar surface area (TPSA) is 64.0 Å². The fourth-order valence-corrected chi connectivity index (χ4v) is 3.08. The number of carbonyl (C=O) groups is 1. The molecule has 0 atom stereocenters. The van der Waals surface area contributed by atoms with Crippen LogP contribution < -0.4 is 0 Å². The summed E-state index contributed by atoms with van der Waals surface area (Å²) in [6.07, 6.45) is 0.836. The number of phenols is 1. The van der Waals surface area contributed by atoms with Crippen LogP contribution in [0.1, 0.15) is 29.5 Å². The fourth-order valence-electron chi connectivity index (χ4n) is 3.08. The Morgan fingerprint density at radius 3 is 2.26 bits per heavy atom. The number of aliphatic carboxylic acids is 1. The number of phenolic OH excluding ortho intramolecular Hbond substituents is 1. The quantitative estimate of drug-likeness (QED) is 0.634. The van der Waals surface area contributed by atoms with Crippen molar-refractivity contribution in [2.45, 2.75) is 32.9 Å². The zero-order valence-corrected chi connectivity index (χ0v) is 16.3. The molecule has 0 bridgehead atoms.